The first-order valence-corrected chi connectivity index (χ1v) is 7.58. The second kappa shape index (κ2) is 8.70. The van der Waals surface area contributed by atoms with E-state index in [1.165, 1.54) is 18.2 Å². The fourth-order valence-corrected chi connectivity index (χ4v) is 2.18. The van der Waals surface area contributed by atoms with Gasteiger partial charge in [0.15, 0.2) is 0 Å². The molecule has 0 saturated carbocycles. The Morgan fingerprint density at radius 1 is 1.20 bits per heavy atom. The molecular weight excluding hydrogens is 327 g/mol. The van der Waals surface area contributed by atoms with Crippen LogP contribution in [-0.2, 0) is 17.8 Å². The Kier molecular flexibility index (Phi) is 6.36. The Balaban J connectivity index is 1.89. The van der Waals surface area contributed by atoms with Crippen LogP contribution in [-0.4, -0.2) is 22.5 Å². The second-order valence-corrected chi connectivity index (χ2v) is 5.31. The topological polar surface area (TPSA) is 92.5 Å². The zero-order valence-corrected chi connectivity index (χ0v) is 13.3. The van der Waals surface area contributed by atoms with Crippen LogP contribution in [0.3, 0.4) is 0 Å². The van der Waals surface area contributed by atoms with Gasteiger partial charge < -0.3 is 10.4 Å². The molecule has 0 heterocycles. The number of carbonyl (C=O) groups is 1. The molecule has 6 nitrogen and oxygen atoms in total. The Morgan fingerprint density at radius 2 is 1.88 bits per heavy atom. The monoisotopic (exact) mass is 344 g/mol. The predicted molar refractivity (Wildman–Crippen MR) is 91.2 cm³/mol. The van der Waals surface area contributed by atoms with Gasteiger partial charge in [-0.1, -0.05) is 24.3 Å². The third kappa shape index (κ3) is 5.50. The number of aliphatic hydroxyl groups excluding tert-OH is 1. The minimum absolute atomic E-state index is 0.0165. The number of amides is 1. The molecule has 0 saturated heterocycles. The highest BCUT2D eigenvalue weighted by molar-refractivity contribution is 5.92. The van der Waals surface area contributed by atoms with Crippen molar-refractivity contribution < 1.29 is 19.2 Å². The first-order valence-electron chi connectivity index (χ1n) is 7.58. The van der Waals surface area contributed by atoms with Crippen LogP contribution in [0.5, 0.6) is 0 Å². The average Bonchev–Trinajstić information content (AvgIpc) is 2.61. The number of nitrogens with one attached hydrogen (secondary N) is 1. The smallest absolute Gasteiger partial charge is 0.279 e. The highest BCUT2D eigenvalue weighted by Crippen LogP contribution is 2.20. The molecule has 130 valence electrons. The molecule has 0 aliphatic rings. The summed E-state index contributed by atoms with van der Waals surface area (Å²) in [4.78, 5) is 22.0. The molecule has 7 heteroatoms. The van der Waals surface area contributed by atoms with E-state index >= 15 is 0 Å². The van der Waals surface area contributed by atoms with Crippen molar-refractivity contribution in [2.45, 2.75) is 13.0 Å². The molecule has 0 bridgehead atoms. The number of rotatable bonds is 7. The van der Waals surface area contributed by atoms with Crippen LogP contribution in [0.4, 0.5) is 10.1 Å². The number of hydrogen-bond donors (Lipinski definition) is 2. The van der Waals surface area contributed by atoms with Crippen molar-refractivity contribution >= 4 is 17.7 Å². The zero-order chi connectivity index (χ0) is 18.2. The third-order valence-corrected chi connectivity index (χ3v) is 3.52. The number of nitrogens with zero attached hydrogens (tertiary/aromatic N) is 1. The maximum atomic E-state index is 13.1. The van der Waals surface area contributed by atoms with E-state index in [9.17, 15) is 19.3 Å². The Bertz CT molecular complexity index is 788. The minimum atomic E-state index is -0.708. The van der Waals surface area contributed by atoms with E-state index in [0.29, 0.717) is 13.0 Å². The molecule has 1 amide bonds. The van der Waals surface area contributed by atoms with Gasteiger partial charge in [-0.15, -0.1) is 0 Å². The van der Waals surface area contributed by atoms with Crippen molar-refractivity contribution in [1.29, 1.82) is 0 Å². The van der Waals surface area contributed by atoms with Gasteiger partial charge in [0.05, 0.1) is 23.2 Å². The summed E-state index contributed by atoms with van der Waals surface area (Å²) in [5, 5.41) is 22.5. The van der Waals surface area contributed by atoms with E-state index in [2.05, 4.69) is 5.32 Å². The standard InChI is InChI=1S/C18H17FN2O4/c19-16-7-5-15(17(11-16)21(24)25)6-8-18(23)20-10-9-13-1-3-14(12-22)4-2-13/h1-8,11,22H,9-10,12H2,(H,20,23)/b8-6+. The number of nitro groups is 1. The zero-order valence-electron chi connectivity index (χ0n) is 13.3. The summed E-state index contributed by atoms with van der Waals surface area (Å²) >= 11 is 0. The van der Waals surface area contributed by atoms with Crippen molar-refractivity contribution in [2.24, 2.45) is 0 Å². The maximum Gasteiger partial charge on any atom is 0.279 e. The number of carbonyl (C=O) groups excluding carboxylic acids is 1. The van der Waals surface area contributed by atoms with Gasteiger partial charge in [0.25, 0.3) is 5.69 Å². The maximum absolute atomic E-state index is 13.1. The number of benzene rings is 2. The second-order valence-electron chi connectivity index (χ2n) is 5.31. The largest absolute Gasteiger partial charge is 0.392 e. The lowest BCUT2D eigenvalue weighted by Gasteiger charge is -2.04. The molecule has 0 atom stereocenters. The fraction of sp³-hybridized carbons (Fsp3) is 0.167. The summed E-state index contributed by atoms with van der Waals surface area (Å²) < 4.78 is 13.1. The van der Waals surface area contributed by atoms with E-state index in [-0.39, 0.29) is 12.2 Å². The fourth-order valence-electron chi connectivity index (χ4n) is 2.18. The predicted octanol–water partition coefficient (Wildman–Crippen LogP) is 2.60. The molecule has 2 aromatic rings. The summed E-state index contributed by atoms with van der Waals surface area (Å²) in [5.41, 5.74) is 1.58. The van der Waals surface area contributed by atoms with Crippen molar-refractivity contribution in [1.82, 2.24) is 5.32 Å². The number of nitro benzene ring substituents is 1. The summed E-state index contributed by atoms with van der Waals surface area (Å²) in [7, 11) is 0. The SMILES string of the molecule is O=C(/C=C/c1ccc(F)cc1[N+](=O)[O-])NCCc1ccc(CO)cc1. The average molecular weight is 344 g/mol. The van der Waals surface area contributed by atoms with Gasteiger partial charge in [-0.25, -0.2) is 4.39 Å². The number of halogens is 1. The van der Waals surface area contributed by atoms with Crippen molar-refractivity contribution in [2.75, 3.05) is 6.54 Å². The molecule has 0 aliphatic heterocycles. The molecule has 0 aliphatic carbocycles. The molecule has 0 unspecified atom stereocenters. The highest BCUT2D eigenvalue weighted by Gasteiger charge is 2.12. The van der Waals surface area contributed by atoms with E-state index < -0.39 is 22.3 Å². The van der Waals surface area contributed by atoms with Gasteiger partial charge in [0, 0.05) is 12.6 Å². The Hall–Kier alpha value is -3.06. The van der Waals surface area contributed by atoms with Gasteiger partial charge in [0.1, 0.15) is 5.82 Å². The molecule has 2 aromatic carbocycles. The molecule has 2 rings (SSSR count). The lowest BCUT2D eigenvalue weighted by molar-refractivity contribution is -0.385. The van der Waals surface area contributed by atoms with Gasteiger partial charge in [-0.2, -0.15) is 0 Å². The number of aliphatic hydroxyl groups is 1. The minimum Gasteiger partial charge on any atom is -0.392 e. The normalized spacial score (nSPS) is 10.8. The molecule has 0 radical (unpaired) electrons. The van der Waals surface area contributed by atoms with Gasteiger partial charge >= 0.3 is 0 Å². The van der Waals surface area contributed by atoms with Gasteiger partial charge in [-0.3, -0.25) is 14.9 Å². The van der Waals surface area contributed by atoms with E-state index in [1.54, 1.807) is 0 Å². The lowest BCUT2D eigenvalue weighted by atomic mass is 10.1. The van der Waals surface area contributed by atoms with Gasteiger partial charge in [-0.05, 0) is 35.8 Å². The molecule has 25 heavy (non-hydrogen) atoms. The first-order chi connectivity index (χ1) is 12.0. The third-order valence-electron chi connectivity index (χ3n) is 3.52. The van der Waals surface area contributed by atoms with Crippen LogP contribution in [0, 0.1) is 15.9 Å². The van der Waals surface area contributed by atoms with Crippen LogP contribution in [0.1, 0.15) is 16.7 Å². The summed E-state index contributed by atoms with van der Waals surface area (Å²) in [6, 6.07) is 10.5. The summed E-state index contributed by atoms with van der Waals surface area (Å²) in [6.45, 7) is 0.379. The molecule has 0 aromatic heterocycles. The molecule has 0 spiro atoms. The van der Waals surface area contributed by atoms with Crippen LogP contribution < -0.4 is 5.32 Å². The van der Waals surface area contributed by atoms with Crippen LogP contribution in [0.15, 0.2) is 48.5 Å². The molecular formula is C18H17FN2O4. The van der Waals surface area contributed by atoms with Crippen molar-refractivity contribution in [3.8, 4) is 0 Å². The molecule has 2 N–H and O–H groups in total. The molecule has 0 fully saturated rings. The quantitative estimate of drug-likeness (QED) is 0.459. The van der Waals surface area contributed by atoms with Gasteiger partial charge in [0.2, 0.25) is 5.91 Å². The lowest BCUT2D eigenvalue weighted by Crippen LogP contribution is -2.23. The Labute approximate surface area is 143 Å². The van der Waals surface area contributed by atoms with E-state index in [4.69, 9.17) is 5.11 Å². The Morgan fingerprint density at radius 3 is 2.52 bits per heavy atom. The van der Waals surface area contributed by atoms with Crippen molar-refractivity contribution in [3.63, 3.8) is 0 Å². The van der Waals surface area contributed by atoms with Crippen LogP contribution in [0.25, 0.3) is 6.08 Å². The van der Waals surface area contributed by atoms with E-state index in [1.807, 2.05) is 24.3 Å². The van der Waals surface area contributed by atoms with Crippen molar-refractivity contribution in [3.05, 3.63) is 81.2 Å². The van der Waals surface area contributed by atoms with Crippen LogP contribution in [0.2, 0.25) is 0 Å². The summed E-state index contributed by atoms with van der Waals surface area (Å²) in [5.74, 6) is -1.11. The summed E-state index contributed by atoms with van der Waals surface area (Å²) in [6.07, 6.45) is 3.07. The highest BCUT2D eigenvalue weighted by atomic mass is 19.1. The van der Waals surface area contributed by atoms with Crippen LogP contribution >= 0.6 is 0 Å². The first kappa shape index (κ1) is 18.3. The van der Waals surface area contributed by atoms with E-state index in [0.717, 1.165) is 23.3 Å². The number of hydrogen-bond acceptors (Lipinski definition) is 4.